The highest BCUT2D eigenvalue weighted by molar-refractivity contribution is 6.04. The van der Waals surface area contributed by atoms with Gasteiger partial charge in [0, 0.05) is 25.2 Å². The molecule has 21 heavy (non-hydrogen) atoms. The molecule has 1 saturated heterocycles. The second-order valence-electron chi connectivity index (χ2n) is 5.69. The second kappa shape index (κ2) is 5.60. The third-order valence-corrected chi connectivity index (χ3v) is 4.18. The number of likely N-dealkylation sites (tertiary alicyclic amines) is 1. The summed E-state index contributed by atoms with van der Waals surface area (Å²) in [7, 11) is 0. The fraction of sp³-hybridized carbons (Fsp3) is 0.533. The quantitative estimate of drug-likeness (QED) is 0.928. The standard InChI is InChI=1S/C15H19F2N3O/c1-10-15(21)20(7-6-19-4-2-3-5-19)14-9-12(17)11(16)8-13(14)18-10/h8-10,18H,2-7H2,1H3. The number of nitrogens with one attached hydrogen (secondary N) is 1. The minimum absolute atomic E-state index is 0.104. The van der Waals surface area contributed by atoms with Gasteiger partial charge in [0.2, 0.25) is 5.91 Å². The van der Waals surface area contributed by atoms with E-state index in [0.29, 0.717) is 17.9 Å². The number of nitrogens with zero attached hydrogens (tertiary/aromatic N) is 2. The van der Waals surface area contributed by atoms with Crippen LogP contribution in [0.1, 0.15) is 19.8 Å². The number of amides is 1. The lowest BCUT2D eigenvalue weighted by molar-refractivity contribution is -0.119. The molecule has 3 rings (SSSR count). The van der Waals surface area contributed by atoms with E-state index < -0.39 is 17.7 Å². The van der Waals surface area contributed by atoms with Crippen molar-refractivity contribution in [3.8, 4) is 0 Å². The predicted octanol–water partition coefficient (Wildman–Crippen LogP) is 2.21. The zero-order chi connectivity index (χ0) is 15.0. The van der Waals surface area contributed by atoms with Crippen molar-refractivity contribution in [2.75, 3.05) is 36.4 Å². The van der Waals surface area contributed by atoms with Gasteiger partial charge in [0.25, 0.3) is 0 Å². The number of anilines is 2. The molecule has 0 radical (unpaired) electrons. The Hall–Kier alpha value is -1.69. The van der Waals surface area contributed by atoms with E-state index in [2.05, 4.69) is 10.2 Å². The first-order chi connectivity index (χ1) is 10.1. The van der Waals surface area contributed by atoms with Crippen LogP contribution in [0.15, 0.2) is 12.1 Å². The first-order valence-electron chi connectivity index (χ1n) is 7.35. The minimum Gasteiger partial charge on any atom is -0.372 e. The highest BCUT2D eigenvalue weighted by Gasteiger charge is 2.31. The summed E-state index contributed by atoms with van der Waals surface area (Å²) in [6.45, 7) is 5.08. The molecule has 0 aromatic heterocycles. The van der Waals surface area contributed by atoms with Crippen LogP contribution in [0.4, 0.5) is 20.2 Å². The molecule has 114 valence electrons. The molecule has 6 heteroatoms. The molecular weight excluding hydrogens is 276 g/mol. The van der Waals surface area contributed by atoms with Gasteiger partial charge in [0.15, 0.2) is 11.6 Å². The van der Waals surface area contributed by atoms with Crippen molar-refractivity contribution in [2.45, 2.75) is 25.8 Å². The van der Waals surface area contributed by atoms with Crippen molar-refractivity contribution in [3.05, 3.63) is 23.8 Å². The zero-order valence-electron chi connectivity index (χ0n) is 12.0. The summed E-state index contributed by atoms with van der Waals surface area (Å²) in [6.07, 6.45) is 2.37. The number of carbonyl (C=O) groups is 1. The monoisotopic (exact) mass is 295 g/mol. The van der Waals surface area contributed by atoms with Crippen molar-refractivity contribution in [1.29, 1.82) is 0 Å². The van der Waals surface area contributed by atoms with E-state index in [1.165, 1.54) is 12.8 Å². The van der Waals surface area contributed by atoms with Crippen molar-refractivity contribution in [3.63, 3.8) is 0 Å². The van der Waals surface area contributed by atoms with E-state index in [4.69, 9.17) is 0 Å². The molecule has 1 atom stereocenters. The maximum Gasteiger partial charge on any atom is 0.249 e. The first-order valence-corrected chi connectivity index (χ1v) is 7.35. The third-order valence-electron chi connectivity index (χ3n) is 4.18. The number of rotatable bonds is 3. The van der Waals surface area contributed by atoms with Crippen molar-refractivity contribution in [2.24, 2.45) is 0 Å². The van der Waals surface area contributed by atoms with Crippen LogP contribution < -0.4 is 10.2 Å². The van der Waals surface area contributed by atoms with E-state index in [9.17, 15) is 13.6 Å². The topological polar surface area (TPSA) is 35.6 Å². The Morgan fingerprint density at radius 3 is 2.57 bits per heavy atom. The van der Waals surface area contributed by atoms with Gasteiger partial charge in [-0.15, -0.1) is 0 Å². The zero-order valence-corrected chi connectivity index (χ0v) is 12.0. The molecule has 0 saturated carbocycles. The lowest BCUT2D eigenvalue weighted by Crippen LogP contribution is -2.48. The minimum atomic E-state index is -0.927. The van der Waals surface area contributed by atoms with Crippen molar-refractivity contribution >= 4 is 17.3 Å². The summed E-state index contributed by atoms with van der Waals surface area (Å²) in [4.78, 5) is 16.2. The van der Waals surface area contributed by atoms with Crippen molar-refractivity contribution in [1.82, 2.24) is 4.90 Å². The van der Waals surface area contributed by atoms with Gasteiger partial charge in [-0.2, -0.15) is 0 Å². The number of fused-ring (bicyclic) bond motifs is 1. The third kappa shape index (κ3) is 2.72. The summed E-state index contributed by atoms with van der Waals surface area (Å²) in [6, 6.07) is 1.79. The lowest BCUT2D eigenvalue weighted by atomic mass is 10.1. The molecule has 1 fully saturated rings. The van der Waals surface area contributed by atoms with Crippen LogP contribution in [0.5, 0.6) is 0 Å². The Bertz CT molecular complexity index is 558. The number of hydrogen-bond acceptors (Lipinski definition) is 3. The van der Waals surface area contributed by atoms with Crippen LogP contribution in [0.25, 0.3) is 0 Å². The maximum absolute atomic E-state index is 13.5. The van der Waals surface area contributed by atoms with Gasteiger partial charge in [-0.05, 0) is 32.9 Å². The average molecular weight is 295 g/mol. The summed E-state index contributed by atoms with van der Waals surface area (Å²) >= 11 is 0. The summed E-state index contributed by atoms with van der Waals surface area (Å²) < 4.78 is 26.9. The number of hydrogen-bond donors (Lipinski definition) is 1. The molecule has 1 amide bonds. The average Bonchev–Trinajstić information content (AvgIpc) is 2.95. The molecular formula is C15H19F2N3O. The molecule has 2 aliphatic heterocycles. The number of halogens is 2. The van der Waals surface area contributed by atoms with Gasteiger partial charge in [-0.3, -0.25) is 4.79 Å². The van der Waals surface area contributed by atoms with Gasteiger partial charge in [-0.25, -0.2) is 8.78 Å². The molecule has 0 spiro atoms. The maximum atomic E-state index is 13.5. The second-order valence-corrected chi connectivity index (χ2v) is 5.69. The Labute approximate surface area is 122 Å². The summed E-state index contributed by atoms with van der Waals surface area (Å²) in [5, 5.41) is 2.92. The molecule has 1 unspecified atom stereocenters. The van der Waals surface area contributed by atoms with Crippen molar-refractivity contribution < 1.29 is 13.6 Å². The Morgan fingerprint density at radius 1 is 1.19 bits per heavy atom. The molecule has 1 N–H and O–H groups in total. The SMILES string of the molecule is CC1Nc2cc(F)c(F)cc2N(CCN2CCCC2)C1=O. The smallest absolute Gasteiger partial charge is 0.249 e. The molecule has 2 aliphatic rings. The lowest BCUT2D eigenvalue weighted by Gasteiger charge is -2.35. The van der Waals surface area contributed by atoms with Gasteiger partial charge in [0.1, 0.15) is 6.04 Å². The summed E-state index contributed by atoms with van der Waals surface area (Å²) in [5.74, 6) is -1.93. The molecule has 2 heterocycles. The Kier molecular flexibility index (Phi) is 3.80. The fourth-order valence-electron chi connectivity index (χ4n) is 3.00. The van der Waals surface area contributed by atoms with Crippen LogP contribution >= 0.6 is 0 Å². The van der Waals surface area contributed by atoms with E-state index in [0.717, 1.165) is 31.8 Å². The van der Waals surface area contributed by atoms with Gasteiger partial charge >= 0.3 is 0 Å². The van der Waals surface area contributed by atoms with E-state index in [1.54, 1.807) is 11.8 Å². The van der Waals surface area contributed by atoms with E-state index in [1.807, 2.05) is 0 Å². The van der Waals surface area contributed by atoms with Crippen LogP contribution in [-0.2, 0) is 4.79 Å². The molecule has 0 bridgehead atoms. The Balaban J connectivity index is 1.84. The highest BCUT2D eigenvalue weighted by Crippen LogP contribution is 2.33. The van der Waals surface area contributed by atoms with Gasteiger partial charge in [0.05, 0.1) is 11.4 Å². The van der Waals surface area contributed by atoms with E-state index >= 15 is 0 Å². The van der Waals surface area contributed by atoms with E-state index in [-0.39, 0.29) is 5.91 Å². The predicted molar refractivity (Wildman–Crippen MR) is 77.5 cm³/mol. The van der Waals surface area contributed by atoms with Crippen LogP contribution in [-0.4, -0.2) is 43.0 Å². The number of benzene rings is 1. The molecule has 0 aliphatic carbocycles. The normalized spacial score (nSPS) is 22.3. The molecule has 1 aromatic carbocycles. The molecule has 4 nitrogen and oxygen atoms in total. The largest absolute Gasteiger partial charge is 0.372 e. The van der Waals surface area contributed by atoms with Crippen LogP contribution in [0, 0.1) is 11.6 Å². The molecule has 1 aromatic rings. The van der Waals surface area contributed by atoms with Gasteiger partial charge < -0.3 is 15.1 Å². The first kappa shape index (κ1) is 14.3. The van der Waals surface area contributed by atoms with Gasteiger partial charge in [-0.1, -0.05) is 0 Å². The van der Waals surface area contributed by atoms with Crippen LogP contribution in [0.2, 0.25) is 0 Å². The highest BCUT2D eigenvalue weighted by atomic mass is 19.2. The van der Waals surface area contributed by atoms with Crippen LogP contribution in [0.3, 0.4) is 0 Å². The fourth-order valence-corrected chi connectivity index (χ4v) is 3.00. The number of carbonyl (C=O) groups excluding carboxylic acids is 1. The summed E-state index contributed by atoms with van der Waals surface area (Å²) in [5.41, 5.74) is 0.901. The Morgan fingerprint density at radius 2 is 1.86 bits per heavy atom.